The molecule has 0 saturated carbocycles. The fourth-order valence-electron chi connectivity index (χ4n) is 3.11. The zero-order valence-electron chi connectivity index (χ0n) is 16.2. The Bertz CT molecular complexity index is 721. The maximum absolute atomic E-state index is 5.96. The first kappa shape index (κ1) is 21.5. The fraction of sp³-hybridized carbons (Fsp3) is 0.381. The zero-order valence-corrected chi connectivity index (χ0v) is 18.6. The number of halogens is 1. The molecule has 1 unspecified atom stereocenters. The van der Waals surface area contributed by atoms with Crippen LogP contribution in [0.25, 0.3) is 0 Å². The second-order valence-corrected chi connectivity index (χ2v) is 6.91. The van der Waals surface area contributed by atoms with Crippen LogP contribution in [0.4, 0.5) is 0 Å². The Hall–Kier alpha value is -1.80. The quantitative estimate of drug-likeness (QED) is 0.379. The monoisotopic (exact) mass is 480 g/mol. The highest BCUT2D eigenvalue weighted by molar-refractivity contribution is 14.0. The number of nitrogens with one attached hydrogen (secondary N) is 2. The summed E-state index contributed by atoms with van der Waals surface area (Å²) in [7, 11) is 5.95. The van der Waals surface area contributed by atoms with E-state index in [9.17, 15) is 0 Å². The Morgan fingerprint density at radius 3 is 2.44 bits per heavy atom. The van der Waals surface area contributed by atoms with Crippen molar-refractivity contribution >= 4 is 29.9 Å². The van der Waals surface area contributed by atoms with Gasteiger partial charge in [0, 0.05) is 26.6 Å². The van der Waals surface area contributed by atoms with Crippen molar-refractivity contribution in [2.45, 2.75) is 25.6 Å². The lowest BCUT2D eigenvalue weighted by atomic mass is 10.1. The molecule has 0 aliphatic carbocycles. The van der Waals surface area contributed by atoms with E-state index in [2.05, 4.69) is 71.0 Å². The summed E-state index contributed by atoms with van der Waals surface area (Å²) in [5.41, 5.74) is 3.83. The van der Waals surface area contributed by atoms with Crippen molar-refractivity contribution < 1.29 is 4.74 Å². The first-order chi connectivity index (χ1) is 12.6. The molecule has 0 fully saturated rings. The van der Waals surface area contributed by atoms with E-state index in [0.29, 0.717) is 0 Å². The molecule has 1 aliphatic heterocycles. The Kier molecular flexibility index (Phi) is 8.37. The van der Waals surface area contributed by atoms with Crippen LogP contribution >= 0.6 is 24.0 Å². The largest absolute Gasteiger partial charge is 0.488 e. The van der Waals surface area contributed by atoms with Crippen LogP contribution < -0.4 is 15.4 Å². The number of hydrogen-bond donors (Lipinski definition) is 2. The topological polar surface area (TPSA) is 48.9 Å². The third-order valence-corrected chi connectivity index (χ3v) is 4.42. The summed E-state index contributed by atoms with van der Waals surface area (Å²) in [6, 6.07) is 16.9. The first-order valence-electron chi connectivity index (χ1n) is 9.05. The van der Waals surface area contributed by atoms with Gasteiger partial charge in [-0.15, -0.1) is 24.0 Å². The number of fused-ring (bicyclic) bond motifs is 1. The van der Waals surface area contributed by atoms with Gasteiger partial charge in [-0.25, -0.2) is 0 Å². The van der Waals surface area contributed by atoms with Gasteiger partial charge in [-0.05, 0) is 36.9 Å². The van der Waals surface area contributed by atoms with Crippen molar-refractivity contribution in [2.75, 3.05) is 27.7 Å². The van der Waals surface area contributed by atoms with Gasteiger partial charge in [0.1, 0.15) is 11.9 Å². The van der Waals surface area contributed by atoms with Gasteiger partial charge in [0.25, 0.3) is 0 Å². The minimum atomic E-state index is 0. The molecule has 2 aromatic rings. The number of benzene rings is 2. The summed E-state index contributed by atoms with van der Waals surface area (Å²) >= 11 is 0. The minimum Gasteiger partial charge on any atom is -0.488 e. The van der Waals surface area contributed by atoms with Gasteiger partial charge in [0.15, 0.2) is 5.96 Å². The Morgan fingerprint density at radius 2 is 1.78 bits per heavy atom. The van der Waals surface area contributed by atoms with Gasteiger partial charge in [-0.2, -0.15) is 0 Å². The molecule has 0 bridgehead atoms. The molecule has 2 N–H and O–H groups in total. The normalized spacial score (nSPS) is 15.7. The number of para-hydroxylation sites is 1. The van der Waals surface area contributed by atoms with Gasteiger partial charge >= 0.3 is 0 Å². The van der Waals surface area contributed by atoms with Crippen LogP contribution in [0.1, 0.15) is 16.7 Å². The molecule has 3 rings (SSSR count). The van der Waals surface area contributed by atoms with E-state index in [1.807, 2.05) is 12.1 Å². The number of ether oxygens (including phenoxy) is 1. The average Bonchev–Trinajstić information content (AvgIpc) is 3.05. The maximum Gasteiger partial charge on any atom is 0.191 e. The molecular formula is C21H29IN4O. The molecule has 146 valence electrons. The van der Waals surface area contributed by atoms with Crippen molar-refractivity contribution in [3.05, 3.63) is 65.2 Å². The molecule has 2 aromatic carbocycles. The molecule has 0 aromatic heterocycles. The molecule has 1 atom stereocenters. The molecule has 0 amide bonds. The average molecular weight is 480 g/mol. The molecule has 0 saturated heterocycles. The lowest BCUT2D eigenvalue weighted by Gasteiger charge is -2.16. The van der Waals surface area contributed by atoms with Gasteiger partial charge in [-0.1, -0.05) is 42.5 Å². The molecule has 0 radical (unpaired) electrons. The highest BCUT2D eigenvalue weighted by atomic mass is 127. The van der Waals surface area contributed by atoms with E-state index in [0.717, 1.165) is 37.8 Å². The molecule has 1 aliphatic rings. The number of guanidine groups is 1. The lowest BCUT2D eigenvalue weighted by molar-refractivity contribution is 0.235. The van der Waals surface area contributed by atoms with Gasteiger partial charge in [-0.3, -0.25) is 4.99 Å². The minimum absolute atomic E-state index is 0. The van der Waals surface area contributed by atoms with Crippen molar-refractivity contribution in [1.82, 2.24) is 15.5 Å². The van der Waals surface area contributed by atoms with Crippen molar-refractivity contribution in [3.8, 4) is 5.75 Å². The Balaban J connectivity index is 0.00000261. The summed E-state index contributed by atoms with van der Waals surface area (Å²) in [5, 5.41) is 6.73. The van der Waals surface area contributed by atoms with E-state index in [4.69, 9.17) is 4.74 Å². The molecule has 5 nitrogen and oxygen atoms in total. The first-order valence-corrected chi connectivity index (χ1v) is 9.05. The van der Waals surface area contributed by atoms with E-state index >= 15 is 0 Å². The smallest absolute Gasteiger partial charge is 0.191 e. The third-order valence-electron chi connectivity index (χ3n) is 4.42. The van der Waals surface area contributed by atoms with E-state index in [-0.39, 0.29) is 30.1 Å². The Labute approximate surface area is 179 Å². The van der Waals surface area contributed by atoms with E-state index in [1.54, 1.807) is 7.05 Å². The summed E-state index contributed by atoms with van der Waals surface area (Å²) in [5.74, 6) is 1.79. The number of aliphatic imine (C=N–C) groups is 1. The second-order valence-electron chi connectivity index (χ2n) is 6.91. The fourth-order valence-corrected chi connectivity index (χ4v) is 3.11. The number of nitrogens with zero attached hydrogens (tertiary/aromatic N) is 2. The summed E-state index contributed by atoms with van der Waals surface area (Å²) in [6.07, 6.45) is 1.09. The van der Waals surface area contributed by atoms with Gasteiger partial charge in [0.05, 0.1) is 6.54 Å². The summed E-state index contributed by atoms with van der Waals surface area (Å²) in [6.45, 7) is 2.44. The van der Waals surface area contributed by atoms with Crippen LogP contribution in [0.3, 0.4) is 0 Å². The maximum atomic E-state index is 5.96. The predicted molar refractivity (Wildman–Crippen MR) is 122 cm³/mol. The number of rotatable bonds is 6. The molecule has 1 heterocycles. The van der Waals surface area contributed by atoms with Crippen molar-refractivity contribution in [3.63, 3.8) is 0 Å². The van der Waals surface area contributed by atoms with Crippen LogP contribution in [0.5, 0.6) is 5.75 Å². The van der Waals surface area contributed by atoms with Crippen molar-refractivity contribution in [2.24, 2.45) is 4.99 Å². The summed E-state index contributed by atoms with van der Waals surface area (Å²) in [4.78, 5) is 6.47. The molecule has 6 heteroatoms. The predicted octanol–water partition coefficient (Wildman–Crippen LogP) is 3.03. The van der Waals surface area contributed by atoms with Gasteiger partial charge in [0.2, 0.25) is 0 Å². The van der Waals surface area contributed by atoms with Crippen LogP contribution in [0.15, 0.2) is 53.5 Å². The third kappa shape index (κ3) is 6.39. The van der Waals surface area contributed by atoms with E-state index in [1.165, 1.54) is 16.7 Å². The highest BCUT2D eigenvalue weighted by Gasteiger charge is 2.22. The van der Waals surface area contributed by atoms with Crippen LogP contribution in [0, 0.1) is 0 Å². The van der Waals surface area contributed by atoms with Gasteiger partial charge < -0.3 is 20.3 Å². The van der Waals surface area contributed by atoms with Crippen LogP contribution in [-0.4, -0.2) is 44.7 Å². The standard InChI is InChI=1S/C21H28N4O.HI/c1-22-21(23-13-16-8-10-17(11-9-16)15-25(2)3)24-14-19-12-18-6-4-5-7-20(18)26-19;/h4-11,19H,12-15H2,1-3H3,(H2,22,23,24);1H. The Morgan fingerprint density at radius 1 is 1.07 bits per heavy atom. The molecular weight excluding hydrogens is 451 g/mol. The SMILES string of the molecule is CN=C(NCc1ccc(CN(C)C)cc1)NCC1Cc2ccccc2O1.I. The molecule has 0 spiro atoms. The van der Waals surface area contributed by atoms with Crippen LogP contribution in [0.2, 0.25) is 0 Å². The second kappa shape index (κ2) is 10.5. The lowest BCUT2D eigenvalue weighted by Crippen LogP contribution is -2.41. The van der Waals surface area contributed by atoms with Crippen molar-refractivity contribution in [1.29, 1.82) is 0 Å². The van der Waals surface area contributed by atoms with E-state index < -0.39 is 0 Å². The zero-order chi connectivity index (χ0) is 18.4. The summed E-state index contributed by atoms with van der Waals surface area (Å²) < 4.78 is 5.96. The highest BCUT2D eigenvalue weighted by Crippen LogP contribution is 2.27. The van der Waals surface area contributed by atoms with Crippen LogP contribution in [-0.2, 0) is 19.5 Å². The molecule has 27 heavy (non-hydrogen) atoms. The number of hydrogen-bond acceptors (Lipinski definition) is 3.